The van der Waals surface area contributed by atoms with Crippen LogP contribution in [0.25, 0.3) is 11.3 Å². The Hall–Kier alpha value is -2.41. The number of carbonyl (C=O) groups is 1. The van der Waals surface area contributed by atoms with Crippen molar-refractivity contribution in [2.24, 2.45) is 17.1 Å². The summed E-state index contributed by atoms with van der Waals surface area (Å²) in [7, 11) is 0. The van der Waals surface area contributed by atoms with E-state index in [1.54, 1.807) is 12.1 Å². The summed E-state index contributed by atoms with van der Waals surface area (Å²) in [5.74, 6) is 2.20. The molecule has 0 bridgehead atoms. The zero-order valence-corrected chi connectivity index (χ0v) is 20.6. The van der Waals surface area contributed by atoms with E-state index in [0.29, 0.717) is 24.5 Å². The zero-order valence-electron chi connectivity index (χ0n) is 20.6. The standard InChI is InChI=1S/C26H38FN5O/c1-25(2,3)18-8-12-20(13-9-18)29-23-22(17-6-10-19(27)11-7-17)30-24-26(4,5)32(21(33)16-28)15-14-31(23)24/h6-7,10-11,18,20,29H,8-9,12-16,28H2,1-5H3. The van der Waals surface area contributed by atoms with Crippen LogP contribution in [0.15, 0.2) is 24.3 Å². The molecule has 1 amide bonds. The molecule has 1 fully saturated rings. The molecule has 0 radical (unpaired) electrons. The summed E-state index contributed by atoms with van der Waals surface area (Å²) in [6.45, 7) is 12.3. The number of hydrogen-bond acceptors (Lipinski definition) is 4. The van der Waals surface area contributed by atoms with Gasteiger partial charge in [0.1, 0.15) is 23.2 Å². The topological polar surface area (TPSA) is 76.2 Å². The van der Waals surface area contributed by atoms with Gasteiger partial charge in [-0.05, 0) is 75.1 Å². The second-order valence-electron chi connectivity index (χ2n) is 11.2. The Bertz CT molecular complexity index is 997. The van der Waals surface area contributed by atoms with Gasteiger partial charge >= 0.3 is 0 Å². The molecule has 4 rings (SSSR count). The molecular formula is C26H38FN5O. The molecule has 3 N–H and O–H groups in total. The number of aromatic nitrogens is 2. The third-order valence-corrected chi connectivity index (χ3v) is 7.62. The van der Waals surface area contributed by atoms with Crippen LogP contribution in [0.5, 0.6) is 0 Å². The number of carbonyl (C=O) groups excluding carboxylic acids is 1. The Morgan fingerprint density at radius 3 is 2.36 bits per heavy atom. The van der Waals surface area contributed by atoms with E-state index in [1.807, 2.05) is 18.7 Å². The van der Waals surface area contributed by atoms with Gasteiger partial charge in [0.25, 0.3) is 0 Å². The van der Waals surface area contributed by atoms with Crippen LogP contribution < -0.4 is 11.1 Å². The molecule has 6 nitrogen and oxygen atoms in total. The summed E-state index contributed by atoms with van der Waals surface area (Å²) >= 11 is 0. The average Bonchev–Trinajstić information content (AvgIpc) is 3.13. The fourth-order valence-electron chi connectivity index (χ4n) is 5.54. The van der Waals surface area contributed by atoms with Gasteiger partial charge < -0.3 is 20.5 Å². The molecule has 1 aromatic heterocycles. The molecule has 1 aliphatic carbocycles. The number of nitrogens with zero attached hydrogens (tertiary/aromatic N) is 3. The average molecular weight is 456 g/mol. The molecule has 33 heavy (non-hydrogen) atoms. The van der Waals surface area contributed by atoms with Crippen LogP contribution >= 0.6 is 0 Å². The van der Waals surface area contributed by atoms with E-state index < -0.39 is 5.54 Å². The van der Waals surface area contributed by atoms with Gasteiger partial charge in [0.15, 0.2) is 0 Å². The van der Waals surface area contributed by atoms with Crippen molar-refractivity contribution in [2.75, 3.05) is 18.4 Å². The maximum Gasteiger partial charge on any atom is 0.237 e. The SMILES string of the molecule is CC(C)(C)C1CCC(Nc2c(-c3ccc(F)cc3)nc3n2CCN(C(=O)CN)C3(C)C)CC1. The maximum absolute atomic E-state index is 13.6. The summed E-state index contributed by atoms with van der Waals surface area (Å²) in [6.07, 6.45) is 4.65. The second kappa shape index (κ2) is 8.75. The molecule has 0 unspecified atom stereocenters. The van der Waals surface area contributed by atoms with Crippen molar-refractivity contribution >= 4 is 11.7 Å². The number of anilines is 1. The summed E-state index contributed by atoms with van der Waals surface area (Å²) < 4.78 is 15.9. The summed E-state index contributed by atoms with van der Waals surface area (Å²) in [4.78, 5) is 19.4. The van der Waals surface area contributed by atoms with Crippen LogP contribution in [0.1, 0.15) is 66.1 Å². The Morgan fingerprint density at radius 2 is 1.79 bits per heavy atom. The number of amides is 1. The number of hydrogen-bond donors (Lipinski definition) is 2. The number of imidazole rings is 1. The summed E-state index contributed by atoms with van der Waals surface area (Å²) in [6, 6.07) is 6.88. The van der Waals surface area contributed by atoms with Crippen LogP contribution in [0.2, 0.25) is 0 Å². The van der Waals surface area contributed by atoms with E-state index in [4.69, 9.17) is 10.7 Å². The van der Waals surface area contributed by atoms with Crippen molar-refractivity contribution in [1.82, 2.24) is 14.5 Å². The highest BCUT2D eigenvalue weighted by Crippen LogP contribution is 2.41. The van der Waals surface area contributed by atoms with Gasteiger partial charge in [0.05, 0.1) is 12.1 Å². The molecule has 1 saturated carbocycles. The van der Waals surface area contributed by atoms with Crippen LogP contribution in [0.4, 0.5) is 10.2 Å². The lowest BCUT2D eigenvalue weighted by Gasteiger charge is -2.42. The first-order valence-electron chi connectivity index (χ1n) is 12.2. The van der Waals surface area contributed by atoms with E-state index in [2.05, 4.69) is 30.7 Å². The lowest BCUT2D eigenvalue weighted by Crippen LogP contribution is -2.53. The molecule has 0 spiro atoms. The Labute approximate surface area is 196 Å². The highest BCUT2D eigenvalue weighted by atomic mass is 19.1. The summed E-state index contributed by atoms with van der Waals surface area (Å²) in [5, 5.41) is 3.82. The third-order valence-electron chi connectivity index (χ3n) is 7.62. The maximum atomic E-state index is 13.6. The van der Waals surface area contributed by atoms with E-state index in [9.17, 15) is 9.18 Å². The third kappa shape index (κ3) is 4.52. The number of nitrogens with one attached hydrogen (secondary N) is 1. The van der Waals surface area contributed by atoms with Gasteiger partial charge in [0, 0.05) is 24.7 Å². The first kappa shape index (κ1) is 23.7. The van der Waals surface area contributed by atoms with Crippen LogP contribution in [-0.2, 0) is 16.9 Å². The van der Waals surface area contributed by atoms with Crippen LogP contribution in [-0.4, -0.2) is 39.5 Å². The van der Waals surface area contributed by atoms with Gasteiger partial charge in [-0.3, -0.25) is 4.79 Å². The first-order valence-corrected chi connectivity index (χ1v) is 12.2. The first-order chi connectivity index (χ1) is 15.5. The molecule has 0 atom stereocenters. The quantitative estimate of drug-likeness (QED) is 0.698. The minimum Gasteiger partial charge on any atom is -0.367 e. The summed E-state index contributed by atoms with van der Waals surface area (Å²) in [5.41, 5.74) is 7.12. The number of benzene rings is 1. The molecule has 0 saturated heterocycles. The normalized spacial score (nSPS) is 22.7. The number of fused-ring (bicyclic) bond motifs is 1. The van der Waals surface area contributed by atoms with Crippen molar-refractivity contribution in [3.8, 4) is 11.3 Å². The lowest BCUT2D eigenvalue weighted by atomic mass is 9.71. The van der Waals surface area contributed by atoms with Crippen molar-refractivity contribution in [3.63, 3.8) is 0 Å². The molecule has 1 aromatic carbocycles. The molecule has 7 heteroatoms. The number of rotatable bonds is 4. The van der Waals surface area contributed by atoms with Crippen LogP contribution in [0, 0.1) is 17.2 Å². The Morgan fingerprint density at radius 1 is 1.15 bits per heavy atom. The minimum atomic E-state index is -0.590. The number of halogens is 1. The monoisotopic (exact) mass is 455 g/mol. The largest absolute Gasteiger partial charge is 0.367 e. The zero-order chi connectivity index (χ0) is 24.0. The van der Waals surface area contributed by atoms with Gasteiger partial charge in [-0.2, -0.15) is 0 Å². The second-order valence-corrected chi connectivity index (χ2v) is 11.2. The van der Waals surface area contributed by atoms with E-state index in [1.165, 1.54) is 25.0 Å². The molecule has 180 valence electrons. The minimum absolute atomic E-state index is 0.0168. The van der Waals surface area contributed by atoms with Crippen molar-refractivity contribution < 1.29 is 9.18 Å². The highest BCUT2D eigenvalue weighted by Gasteiger charge is 2.41. The lowest BCUT2D eigenvalue weighted by molar-refractivity contribution is -0.137. The van der Waals surface area contributed by atoms with E-state index >= 15 is 0 Å². The van der Waals surface area contributed by atoms with Gasteiger partial charge in [-0.15, -0.1) is 0 Å². The van der Waals surface area contributed by atoms with Gasteiger partial charge in [-0.25, -0.2) is 9.37 Å². The smallest absolute Gasteiger partial charge is 0.237 e. The predicted octanol–water partition coefficient (Wildman–Crippen LogP) is 4.74. The fourth-order valence-corrected chi connectivity index (χ4v) is 5.54. The Kier molecular flexibility index (Phi) is 6.29. The molecule has 2 aliphatic rings. The van der Waals surface area contributed by atoms with E-state index in [-0.39, 0.29) is 18.3 Å². The van der Waals surface area contributed by atoms with Crippen molar-refractivity contribution in [3.05, 3.63) is 35.9 Å². The van der Waals surface area contributed by atoms with Crippen LogP contribution in [0.3, 0.4) is 0 Å². The molecule has 1 aliphatic heterocycles. The Balaban J connectivity index is 1.70. The number of nitrogens with two attached hydrogens (primary N) is 1. The van der Waals surface area contributed by atoms with Gasteiger partial charge in [-0.1, -0.05) is 20.8 Å². The molecule has 2 heterocycles. The molecular weight excluding hydrogens is 417 g/mol. The molecule has 2 aromatic rings. The highest BCUT2D eigenvalue weighted by molar-refractivity contribution is 5.80. The fraction of sp³-hybridized carbons (Fsp3) is 0.615. The van der Waals surface area contributed by atoms with Gasteiger partial charge in [0.2, 0.25) is 5.91 Å². The van der Waals surface area contributed by atoms with E-state index in [0.717, 1.165) is 41.7 Å². The van der Waals surface area contributed by atoms with Crippen molar-refractivity contribution in [1.29, 1.82) is 0 Å². The van der Waals surface area contributed by atoms with Crippen molar-refractivity contribution in [2.45, 2.75) is 78.4 Å². The predicted molar refractivity (Wildman–Crippen MR) is 130 cm³/mol.